The summed E-state index contributed by atoms with van der Waals surface area (Å²) in [6.45, 7) is -2.22. The van der Waals surface area contributed by atoms with Crippen LogP contribution < -0.4 is 0 Å². The summed E-state index contributed by atoms with van der Waals surface area (Å²) < 4.78 is 230. The summed E-state index contributed by atoms with van der Waals surface area (Å²) in [6, 6.07) is 0. The first-order valence-corrected chi connectivity index (χ1v) is 8.67. The van der Waals surface area contributed by atoms with E-state index in [-0.39, 0.29) is 0 Å². The molecule has 0 rings (SSSR count). The topological polar surface area (TPSA) is 72.8 Å². The number of hydrogen-bond donors (Lipinski definition) is 1. The minimum atomic E-state index is -7.53. The summed E-state index contributed by atoms with van der Waals surface area (Å²) >= 11 is 0. The highest BCUT2D eigenvalue weighted by molar-refractivity contribution is 7.85. The van der Waals surface area contributed by atoms with Gasteiger partial charge >= 0.3 is 47.9 Å². The Morgan fingerprint density at radius 1 is 0.625 bits per heavy atom. The van der Waals surface area contributed by atoms with Gasteiger partial charge in [0.05, 0.1) is 0 Å². The molecule has 0 aliphatic heterocycles. The standard InChI is InChI=1S/C11H9F15O5S/c1-4(12,13)7(18,19)8(20,5(2,14)15)30-10(23,24)11(25,26)31-9(21,22)6(16,17)3-32(27,28)29/h3H2,1-2H3,(H,27,28,29). The molecule has 1 unspecified atom stereocenters. The Bertz CT molecular complexity index is 785. The molecule has 0 spiro atoms. The lowest BCUT2D eigenvalue weighted by Crippen LogP contribution is -2.68. The van der Waals surface area contributed by atoms with Gasteiger partial charge in [0.1, 0.15) is 5.75 Å². The van der Waals surface area contributed by atoms with Crippen molar-refractivity contribution in [2.24, 2.45) is 0 Å². The fourth-order valence-corrected chi connectivity index (χ4v) is 2.18. The number of alkyl halides is 15. The molecule has 1 atom stereocenters. The van der Waals surface area contributed by atoms with E-state index in [2.05, 4.69) is 0 Å². The van der Waals surface area contributed by atoms with Crippen molar-refractivity contribution in [3.8, 4) is 0 Å². The number of halogens is 15. The first kappa shape index (κ1) is 30.8. The molecule has 0 aromatic heterocycles. The van der Waals surface area contributed by atoms with Gasteiger partial charge in [-0.3, -0.25) is 9.29 Å². The van der Waals surface area contributed by atoms with E-state index in [4.69, 9.17) is 4.55 Å². The van der Waals surface area contributed by atoms with Crippen LogP contribution >= 0.6 is 0 Å². The highest BCUT2D eigenvalue weighted by Crippen LogP contribution is 2.56. The Hall–Kier alpha value is -1.22. The van der Waals surface area contributed by atoms with Crippen molar-refractivity contribution in [1.29, 1.82) is 0 Å². The van der Waals surface area contributed by atoms with Crippen LogP contribution in [0.15, 0.2) is 0 Å². The third kappa shape index (κ3) is 5.82. The van der Waals surface area contributed by atoms with Crippen molar-refractivity contribution in [2.45, 2.75) is 61.7 Å². The largest absolute Gasteiger partial charge is 0.453 e. The maximum Gasteiger partial charge on any atom is 0.453 e. The van der Waals surface area contributed by atoms with Gasteiger partial charge in [0.15, 0.2) is 0 Å². The summed E-state index contributed by atoms with van der Waals surface area (Å²) in [5.41, 5.74) is 0. The number of rotatable bonds is 11. The highest BCUT2D eigenvalue weighted by Gasteiger charge is 2.82. The Morgan fingerprint density at radius 2 is 0.969 bits per heavy atom. The Balaban J connectivity index is 6.37. The predicted molar refractivity (Wildman–Crippen MR) is 68.4 cm³/mol. The summed E-state index contributed by atoms with van der Waals surface area (Å²) in [5, 5.41) is 0. The molecule has 194 valence electrons. The van der Waals surface area contributed by atoms with Crippen LogP contribution in [0.5, 0.6) is 0 Å². The van der Waals surface area contributed by atoms with Crippen LogP contribution in [0.2, 0.25) is 0 Å². The minimum absolute atomic E-state index is 1.06. The molecule has 0 saturated heterocycles. The lowest BCUT2D eigenvalue weighted by molar-refractivity contribution is -0.542. The van der Waals surface area contributed by atoms with Crippen LogP contribution in [0.25, 0.3) is 0 Å². The van der Waals surface area contributed by atoms with Crippen molar-refractivity contribution in [1.82, 2.24) is 0 Å². The summed E-state index contributed by atoms with van der Waals surface area (Å²) in [7, 11) is -6.16. The second kappa shape index (κ2) is 7.93. The summed E-state index contributed by atoms with van der Waals surface area (Å²) in [4.78, 5) is 0. The van der Waals surface area contributed by atoms with Crippen molar-refractivity contribution >= 4 is 10.1 Å². The normalized spacial score (nSPS) is 17.9. The van der Waals surface area contributed by atoms with Gasteiger partial charge in [0.2, 0.25) is 0 Å². The van der Waals surface area contributed by atoms with Crippen molar-refractivity contribution in [2.75, 3.05) is 5.75 Å². The number of hydrogen-bond acceptors (Lipinski definition) is 4. The molecule has 0 fully saturated rings. The van der Waals surface area contributed by atoms with Gasteiger partial charge in [-0.2, -0.15) is 65.5 Å². The predicted octanol–water partition coefficient (Wildman–Crippen LogP) is 4.93. The molecule has 21 heteroatoms. The molecule has 1 N–H and O–H groups in total. The third-order valence-corrected chi connectivity index (χ3v) is 3.90. The van der Waals surface area contributed by atoms with E-state index < -0.39 is 77.6 Å². The van der Waals surface area contributed by atoms with Gasteiger partial charge in [-0.05, 0) is 0 Å². The van der Waals surface area contributed by atoms with E-state index in [0.717, 1.165) is 0 Å². The van der Waals surface area contributed by atoms with Gasteiger partial charge in [-0.15, -0.1) is 0 Å². The van der Waals surface area contributed by atoms with Gasteiger partial charge in [0.25, 0.3) is 10.1 Å². The molecule has 32 heavy (non-hydrogen) atoms. The molecule has 0 radical (unpaired) electrons. The van der Waals surface area contributed by atoms with Crippen LogP contribution in [-0.4, -0.2) is 66.6 Å². The van der Waals surface area contributed by atoms with Crippen LogP contribution in [0.4, 0.5) is 65.9 Å². The quantitative estimate of drug-likeness (QED) is 0.299. The van der Waals surface area contributed by atoms with E-state index in [9.17, 15) is 74.3 Å². The van der Waals surface area contributed by atoms with Gasteiger partial charge in [-0.1, -0.05) is 0 Å². The summed E-state index contributed by atoms with van der Waals surface area (Å²) in [6.07, 6.45) is -22.1. The molecule has 0 aliphatic rings. The summed E-state index contributed by atoms with van der Waals surface area (Å²) in [5.74, 6) is -36.4. The molecule has 0 heterocycles. The first-order valence-electron chi connectivity index (χ1n) is 7.06. The lowest BCUT2D eigenvalue weighted by Gasteiger charge is -2.42. The monoisotopic (exact) mass is 538 g/mol. The minimum Gasteiger partial charge on any atom is -0.285 e. The molecule has 0 aromatic carbocycles. The number of ether oxygens (including phenoxy) is 2. The zero-order valence-electron chi connectivity index (χ0n) is 14.9. The maximum atomic E-state index is 14.0. The smallest absolute Gasteiger partial charge is 0.285 e. The SMILES string of the molecule is CC(F)(F)C(F)(F)C(F)(OC(F)(F)C(F)(F)OC(F)(F)C(F)(F)CS(=O)(=O)O)C(C)(F)F. The molecular formula is C11H9F15O5S. The van der Waals surface area contributed by atoms with E-state index in [1.807, 2.05) is 0 Å². The van der Waals surface area contributed by atoms with Crippen molar-refractivity contribution in [3.05, 3.63) is 0 Å². The third-order valence-electron chi connectivity index (χ3n) is 3.17. The van der Waals surface area contributed by atoms with Crippen LogP contribution in [-0.2, 0) is 19.6 Å². The van der Waals surface area contributed by atoms with E-state index in [0.29, 0.717) is 0 Å². The van der Waals surface area contributed by atoms with Crippen molar-refractivity contribution < 1.29 is 88.3 Å². The van der Waals surface area contributed by atoms with E-state index in [1.54, 1.807) is 9.47 Å². The Morgan fingerprint density at radius 3 is 1.25 bits per heavy atom. The lowest BCUT2D eigenvalue weighted by atomic mass is 9.99. The molecule has 0 saturated carbocycles. The van der Waals surface area contributed by atoms with Crippen molar-refractivity contribution in [3.63, 3.8) is 0 Å². The van der Waals surface area contributed by atoms with E-state index in [1.165, 1.54) is 0 Å². The molecule has 0 amide bonds. The highest BCUT2D eigenvalue weighted by atomic mass is 32.2. The van der Waals surface area contributed by atoms with Crippen LogP contribution in [0.3, 0.4) is 0 Å². The first-order chi connectivity index (χ1) is 13.4. The van der Waals surface area contributed by atoms with Crippen LogP contribution in [0, 0.1) is 0 Å². The van der Waals surface area contributed by atoms with Crippen LogP contribution in [0.1, 0.15) is 13.8 Å². The molecule has 0 bridgehead atoms. The van der Waals surface area contributed by atoms with Gasteiger partial charge in [0, 0.05) is 13.8 Å². The molecular weight excluding hydrogens is 529 g/mol. The fourth-order valence-electron chi connectivity index (χ4n) is 1.56. The Labute approximate surface area is 167 Å². The van der Waals surface area contributed by atoms with E-state index >= 15 is 0 Å². The molecule has 0 aliphatic carbocycles. The zero-order valence-corrected chi connectivity index (χ0v) is 15.7. The van der Waals surface area contributed by atoms with Gasteiger partial charge < -0.3 is 0 Å². The molecule has 5 nitrogen and oxygen atoms in total. The Kier molecular flexibility index (Phi) is 7.63. The molecule has 0 aromatic rings. The fraction of sp³-hybridized carbons (Fsp3) is 1.00. The van der Waals surface area contributed by atoms with Gasteiger partial charge in [-0.25, -0.2) is 13.5 Å². The average molecular weight is 538 g/mol. The average Bonchev–Trinajstić information content (AvgIpc) is 2.39. The maximum absolute atomic E-state index is 14.0. The zero-order chi connectivity index (χ0) is 26.6. The second-order valence-electron chi connectivity index (χ2n) is 6.13. The second-order valence-corrected chi connectivity index (χ2v) is 7.58.